The van der Waals surface area contributed by atoms with Gasteiger partial charge in [-0.1, -0.05) is 36.0 Å². The van der Waals surface area contributed by atoms with Crippen LogP contribution in [0.2, 0.25) is 0 Å². The summed E-state index contributed by atoms with van der Waals surface area (Å²) in [6, 6.07) is 15.2. The van der Waals surface area contributed by atoms with Gasteiger partial charge in [0, 0.05) is 5.69 Å². The van der Waals surface area contributed by atoms with E-state index >= 15 is 0 Å². The van der Waals surface area contributed by atoms with Gasteiger partial charge in [0.15, 0.2) is 0 Å². The third-order valence-corrected chi connectivity index (χ3v) is 5.83. The summed E-state index contributed by atoms with van der Waals surface area (Å²) in [5.41, 5.74) is 6.25. The lowest BCUT2D eigenvalue weighted by molar-refractivity contribution is -0.116. The Morgan fingerprint density at radius 3 is 2.68 bits per heavy atom. The van der Waals surface area contributed by atoms with Gasteiger partial charge in [-0.2, -0.15) is 0 Å². The number of carbonyl (C=O) groups excluding carboxylic acids is 1. The maximum Gasteiger partial charge on any atom is 0.240 e. The predicted molar refractivity (Wildman–Crippen MR) is 109 cm³/mol. The lowest BCUT2D eigenvalue weighted by Crippen LogP contribution is -2.41. The number of anilines is 1. The first-order valence-electron chi connectivity index (χ1n) is 8.92. The number of rotatable bonds is 4. The Bertz CT molecular complexity index is 1000. The Kier molecular flexibility index (Phi) is 4.95. The number of aryl methyl sites for hydroxylation is 2. The summed E-state index contributed by atoms with van der Waals surface area (Å²) < 4.78 is 7.08. The molecule has 2 atom stereocenters. The third-order valence-electron chi connectivity index (χ3n) is 4.62. The molecular weight excluding hydrogens is 374 g/mol. The number of amides is 1. The van der Waals surface area contributed by atoms with Crippen LogP contribution in [0, 0.1) is 13.8 Å². The Morgan fingerprint density at radius 1 is 1.18 bits per heavy atom. The highest BCUT2D eigenvalue weighted by Gasteiger charge is 2.37. The molecule has 28 heavy (non-hydrogen) atoms. The van der Waals surface area contributed by atoms with Crippen LogP contribution in [-0.2, 0) is 4.79 Å². The normalized spacial score (nSPS) is 18.1. The van der Waals surface area contributed by atoms with Crippen molar-refractivity contribution in [2.45, 2.75) is 30.3 Å². The Hall–Kier alpha value is -3.00. The van der Waals surface area contributed by atoms with Gasteiger partial charge < -0.3 is 15.5 Å². The smallest absolute Gasteiger partial charge is 0.240 e. The first kappa shape index (κ1) is 18.4. The number of hydrogen-bond donors (Lipinski definition) is 2. The molecule has 0 radical (unpaired) electrons. The number of methoxy groups -OCH3 is 1. The molecule has 0 unspecified atom stereocenters. The fourth-order valence-corrected chi connectivity index (χ4v) is 4.28. The SMILES string of the molecule is COc1ccc([C@@H]2Nn3c(C)nnc3S[C@H]2C(=O)Nc2cccc(C)c2)cc1. The highest BCUT2D eigenvalue weighted by molar-refractivity contribution is 8.00. The number of thioether (sulfide) groups is 1. The van der Waals surface area contributed by atoms with Crippen LogP contribution >= 0.6 is 11.8 Å². The zero-order chi connectivity index (χ0) is 19.7. The summed E-state index contributed by atoms with van der Waals surface area (Å²) in [6.07, 6.45) is 0. The van der Waals surface area contributed by atoms with E-state index in [1.54, 1.807) is 7.11 Å². The van der Waals surface area contributed by atoms with Gasteiger partial charge in [0.1, 0.15) is 16.8 Å². The topological polar surface area (TPSA) is 81.1 Å². The summed E-state index contributed by atoms with van der Waals surface area (Å²) in [4.78, 5) is 13.1. The van der Waals surface area contributed by atoms with Crippen molar-refractivity contribution >= 4 is 23.4 Å². The van der Waals surface area contributed by atoms with E-state index in [4.69, 9.17) is 4.74 Å². The molecule has 1 aromatic heterocycles. The number of benzene rings is 2. The zero-order valence-corrected chi connectivity index (χ0v) is 16.7. The third kappa shape index (κ3) is 3.55. The molecule has 1 aliphatic heterocycles. The molecular formula is C20H21N5O2S. The molecule has 8 heteroatoms. The summed E-state index contributed by atoms with van der Waals surface area (Å²) >= 11 is 1.41. The average molecular weight is 395 g/mol. The minimum absolute atomic E-state index is 0.0872. The van der Waals surface area contributed by atoms with Gasteiger partial charge in [0.05, 0.1) is 13.2 Å². The van der Waals surface area contributed by atoms with E-state index in [9.17, 15) is 4.79 Å². The molecule has 1 amide bonds. The monoisotopic (exact) mass is 395 g/mol. The molecule has 144 valence electrons. The maximum absolute atomic E-state index is 13.1. The van der Waals surface area contributed by atoms with Crippen LogP contribution in [0.1, 0.15) is 23.0 Å². The van der Waals surface area contributed by atoms with E-state index < -0.39 is 5.25 Å². The van der Waals surface area contributed by atoms with Crippen molar-refractivity contribution in [3.05, 3.63) is 65.5 Å². The lowest BCUT2D eigenvalue weighted by atomic mass is 10.0. The Labute approximate surface area is 167 Å². The highest BCUT2D eigenvalue weighted by Crippen LogP contribution is 2.37. The number of ether oxygens (including phenoxy) is 1. The van der Waals surface area contributed by atoms with Crippen LogP contribution < -0.4 is 15.5 Å². The molecule has 1 aliphatic rings. The standard InChI is InChI=1S/C20H21N5O2S/c1-12-5-4-6-15(11-12)21-19(26)18-17(14-7-9-16(27-3)10-8-14)24-25-13(2)22-23-20(25)28-18/h4-11,17-18,24H,1-3H3,(H,21,26)/t17-,18+/m0/s1. The maximum atomic E-state index is 13.1. The molecule has 0 saturated carbocycles. The summed E-state index contributed by atoms with van der Waals surface area (Å²) in [5, 5.41) is 11.6. The minimum Gasteiger partial charge on any atom is -0.497 e. The molecule has 0 aliphatic carbocycles. The quantitative estimate of drug-likeness (QED) is 0.706. The molecule has 2 heterocycles. The van der Waals surface area contributed by atoms with Crippen LogP contribution in [0.4, 0.5) is 5.69 Å². The molecule has 0 bridgehead atoms. The van der Waals surface area contributed by atoms with Crippen molar-refractivity contribution in [2.24, 2.45) is 0 Å². The van der Waals surface area contributed by atoms with Crippen molar-refractivity contribution in [3.8, 4) is 5.75 Å². The number of carbonyl (C=O) groups is 1. The molecule has 0 saturated heterocycles. The fourth-order valence-electron chi connectivity index (χ4n) is 3.16. The zero-order valence-electron chi connectivity index (χ0n) is 15.8. The second kappa shape index (κ2) is 7.55. The van der Waals surface area contributed by atoms with Crippen LogP contribution in [0.25, 0.3) is 0 Å². The summed E-state index contributed by atoms with van der Waals surface area (Å²) in [5.74, 6) is 1.43. The second-order valence-corrected chi connectivity index (χ2v) is 7.75. The van der Waals surface area contributed by atoms with E-state index in [0.29, 0.717) is 5.16 Å². The van der Waals surface area contributed by atoms with Crippen LogP contribution in [0.15, 0.2) is 53.7 Å². The molecule has 2 N–H and O–H groups in total. The van der Waals surface area contributed by atoms with Gasteiger partial charge >= 0.3 is 0 Å². The van der Waals surface area contributed by atoms with Gasteiger partial charge in [-0.05, 0) is 49.2 Å². The molecule has 3 aromatic rings. The van der Waals surface area contributed by atoms with E-state index in [2.05, 4.69) is 20.9 Å². The molecule has 0 spiro atoms. The summed E-state index contributed by atoms with van der Waals surface area (Å²) in [6.45, 7) is 3.88. The minimum atomic E-state index is -0.412. The van der Waals surface area contributed by atoms with Gasteiger partial charge in [0.2, 0.25) is 11.1 Å². The van der Waals surface area contributed by atoms with E-state index in [1.807, 2.05) is 67.1 Å². The first-order chi connectivity index (χ1) is 13.5. The van der Waals surface area contributed by atoms with E-state index in [-0.39, 0.29) is 11.9 Å². The predicted octanol–water partition coefficient (Wildman–Crippen LogP) is 3.30. The van der Waals surface area contributed by atoms with Gasteiger partial charge in [-0.3, -0.25) is 4.79 Å². The largest absolute Gasteiger partial charge is 0.497 e. The number of nitrogens with one attached hydrogen (secondary N) is 2. The van der Waals surface area contributed by atoms with Crippen molar-refractivity contribution < 1.29 is 9.53 Å². The number of aromatic nitrogens is 3. The number of hydrogen-bond acceptors (Lipinski definition) is 6. The number of nitrogens with zero attached hydrogens (tertiary/aromatic N) is 3. The summed E-state index contributed by atoms with van der Waals surface area (Å²) in [7, 11) is 1.63. The van der Waals surface area contributed by atoms with E-state index in [1.165, 1.54) is 11.8 Å². The van der Waals surface area contributed by atoms with Crippen molar-refractivity contribution in [3.63, 3.8) is 0 Å². The van der Waals surface area contributed by atoms with Gasteiger partial charge in [-0.15, -0.1) is 10.2 Å². The van der Waals surface area contributed by atoms with E-state index in [0.717, 1.165) is 28.4 Å². The lowest BCUT2D eigenvalue weighted by Gasteiger charge is -2.32. The Balaban J connectivity index is 1.65. The molecule has 4 rings (SSSR count). The van der Waals surface area contributed by atoms with Crippen molar-refractivity contribution in [1.82, 2.24) is 14.9 Å². The number of fused-ring (bicyclic) bond motifs is 1. The molecule has 7 nitrogen and oxygen atoms in total. The molecule has 0 fully saturated rings. The first-order valence-corrected chi connectivity index (χ1v) is 9.80. The highest BCUT2D eigenvalue weighted by atomic mass is 32.2. The second-order valence-electron chi connectivity index (χ2n) is 6.64. The molecule has 2 aromatic carbocycles. The van der Waals surface area contributed by atoms with Crippen molar-refractivity contribution in [1.29, 1.82) is 0 Å². The van der Waals surface area contributed by atoms with Gasteiger partial charge in [0.25, 0.3) is 0 Å². The Morgan fingerprint density at radius 2 is 1.96 bits per heavy atom. The average Bonchev–Trinajstić information content (AvgIpc) is 3.07. The van der Waals surface area contributed by atoms with Crippen molar-refractivity contribution in [2.75, 3.05) is 17.9 Å². The fraction of sp³-hybridized carbons (Fsp3) is 0.250. The van der Waals surface area contributed by atoms with Crippen LogP contribution in [0.5, 0.6) is 5.75 Å². The van der Waals surface area contributed by atoms with Gasteiger partial charge in [-0.25, -0.2) is 4.68 Å². The van der Waals surface area contributed by atoms with Crippen LogP contribution in [0.3, 0.4) is 0 Å². The van der Waals surface area contributed by atoms with Crippen LogP contribution in [-0.4, -0.2) is 33.1 Å².